The molecule has 1 aliphatic heterocycles. The van der Waals surface area contributed by atoms with Crippen LogP contribution in [0.3, 0.4) is 0 Å². The van der Waals surface area contributed by atoms with Crippen LogP contribution < -0.4 is 94.0 Å². The zero-order chi connectivity index (χ0) is 14.4. The molecule has 0 aliphatic carbocycles. The van der Waals surface area contributed by atoms with E-state index in [-0.39, 0.29) is 108 Å². The van der Waals surface area contributed by atoms with E-state index in [1.54, 1.807) is 0 Å². The first-order valence-corrected chi connectivity index (χ1v) is 5.97. The molecule has 5 atom stereocenters. The number of nitrogens with one attached hydrogen (secondary N) is 1. The third-order valence-corrected chi connectivity index (χ3v) is 2.77. The standard InChI is InChI=1S/C11H20NO7.3Na/c1-6(15)12-10-7(16)4-9(18-3-2-13)19-11(10)8(17)5-14;;;/h3,7-11,13-14,16-17H,2,4-5H2,1H3,(H,12,15);;;/q;3*+1/t7-,8+,9?,10+,11?;;;/m0.../s1. The quantitative estimate of drug-likeness (QED) is 0.302. The van der Waals surface area contributed by atoms with E-state index in [2.05, 4.69) is 5.32 Å². The minimum atomic E-state index is -1.27. The van der Waals surface area contributed by atoms with Gasteiger partial charge < -0.3 is 35.2 Å². The van der Waals surface area contributed by atoms with Crippen LogP contribution in [0.4, 0.5) is 0 Å². The van der Waals surface area contributed by atoms with E-state index in [4.69, 9.17) is 19.7 Å². The molecule has 1 amide bonds. The molecule has 0 spiro atoms. The van der Waals surface area contributed by atoms with Crippen LogP contribution in [0.1, 0.15) is 13.3 Å². The average Bonchev–Trinajstić information content (AvgIpc) is 2.37. The van der Waals surface area contributed by atoms with Crippen LogP contribution in [0.25, 0.3) is 0 Å². The fraction of sp³-hybridized carbons (Fsp3) is 0.818. The summed E-state index contributed by atoms with van der Waals surface area (Å²) in [6, 6.07) is -0.839. The van der Waals surface area contributed by atoms with E-state index in [1.807, 2.05) is 0 Å². The van der Waals surface area contributed by atoms with Gasteiger partial charge in [0.05, 0.1) is 25.4 Å². The van der Waals surface area contributed by atoms with Gasteiger partial charge in [0.25, 0.3) is 0 Å². The molecule has 111 valence electrons. The number of carbonyl (C=O) groups is 1. The topological polar surface area (TPSA) is 128 Å². The second-order valence-electron chi connectivity index (χ2n) is 4.29. The van der Waals surface area contributed by atoms with Crippen LogP contribution in [-0.2, 0) is 14.3 Å². The zero-order valence-electron chi connectivity index (χ0n) is 13.6. The molecule has 1 saturated heterocycles. The van der Waals surface area contributed by atoms with Gasteiger partial charge in [-0.3, -0.25) is 4.79 Å². The second-order valence-corrected chi connectivity index (χ2v) is 4.29. The molecule has 1 rings (SSSR count). The summed E-state index contributed by atoms with van der Waals surface area (Å²) in [5, 5.41) is 39.7. The maximum Gasteiger partial charge on any atom is 1.00 e. The Balaban J connectivity index is -0.00000120. The number of amides is 1. The Morgan fingerprint density at radius 1 is 1.41 bits per heavy atom. The van der Waals surface area contributed by atoms with Crippen LogP contribution in [0.2, 0.25) is 0 Å². The average molecular weight is 347 g/mol. The first kappa shape index (κ1) is 29.0. The summed E-state index contributed by atoms with van der Waals surface area (Å²) >= 11 is 0. The van der Waals surface area contributed by atoms with Crippen molar-refractivity contribution in [1.82, 2.24) is 5.32 Å². The molecule has 0 bridgehead atoms. The number of hydrogen-bond acceptors (Lipinski definition) is 7. The summed E-state index contributed by atoms with van der Waals surface area (Å²) < 4.78 is 10.4. The van der Waals surface area contributed by atoms with E-state index in [9.17, 15) is 15.0 Å². The molecule has 0 aromatic rings. The summed E-state index contributed by atoms with van der Waals surface area (Å²) in [6.07, 6.45) is -4.07. The van der Waals surface area contributed by atoms with Crippen molar-refractivity contribution in [2.45, 2.75) is 44.0 Å². The minimum Gasteiger partial charge on any atom is -0.394 e. The van der Waals surface area contributed by atoms with Crippen LogP contribution in [0, 0.1) is 6.61 Å². The summed E-state index contributed by atoms with van der Waals surface area (Å²) in [5.41, 5.74) is 0. The summed E-state index contributed by atoms with van der Waals surface area (Å²) in [4.78, 5) is 11.1. The fourth-order valence-electron chi connectivity index (χ4n) is 1.96. The number of carbonyl (C=O) groups excluding carboxylic acids is 1. The predicted octanol–water partition coefficient (Wildman–Crippen LogP) is -11.5. The Morgan fingerprint density at radius 3 is 2.45 bits per heavy atom. The Hall–Kier alpha value is 2.23. The van der Waals surface area contributed by atoms with Crippen molar-refractivity contribution >= 4 is 5.91 Å². The molecule has 0 aromatic heterocycles. The van der Waals surface area contributed by atoms with Gasteiger partial charge in [-0.2, -0.15) is 0 Å². The van der Waals surface area contributed by atoms with Crippen molar-refractivity contribution in [1.29, 1.82) is 0 Å². The molecule has 2 unspecified atom stereocenters. The Morgan fingerprint density at radius 2 is 2.00 bits per heavy atom. The SMILES string of the molecule is CC(=O)N[C@H]1C([C@H](O)CO)OC(O[CH]CO)C[C@@H]1O.[Na+].[Na+].[Na+]. The number of aliphatic hydroxyl groups is 4. The van der Waals surface area contributed by atoms with Gasteiger partial charge in [0.15, 0.2) is 6.29 Å². The van der Waals surface area contributed by atoms with Crippen LogP contribution in [0.15, 0.2) is 0 Å². The molecule has 8 nitrogen and oxygen atoms in total. The zero-order valence-corrected chi connectivity index (χ0v) is 19.6. The number of ether oxygens (including phenoxy) is 2. The molecule has 22 heavy (non-hydrogen) atoms. The van der Waals surface area contributed by atoms with Crippen molar-refractivity contribution in [3.63, 3.8) is 0 Å². The monoisotopic (exact) mass is 347 g/mol. The molecule has 1 aliphatic rings. The molecular weight excluding hydrogens is 327 g/mol. The Kier molecular flexibility index (Phi) is 20.4. The Labute approximate surface area is 196 Å². The van der Waals surface area contributed by atoms with Gasteiger partial charge in [0.2, 0.25) is 5.91 Å². The van der Waals surface area contributed by atoms with E-state index >= 15 is 0 Å². The van der Waals surface area contributed by atoms with Gasteiger partial charge in [0, 0.05) is 13.3 Å². The number of hydrogen-bond donors (Lipinski definition) is 5. The van der Waals surface area contributed by atoms with Gasteiger partial charge in [-0.25, -0.2) is 0 Å². The molecule has 5 N–H and O–H groups in total. The molecule has 1 fully saturated rings. The maximum absolute atomic E-state index is 11.1. The molecule has 0 aromatic carbocycles. The van der Waals surface area contributed by atoms with Crippen molar-refractivity contribution in [3.8, 4) is 0 Å². The van der Waals surface area contributed by atoms with Gasteiger partial charge in [-0.05, 0) is 0 Å². The Bertz CT molecular complexity index is 301. The third-order valence-electron chi connectivity index (χ3n) is 2.77. The molecule has 1 radical (unpaired) electrons. The molecule has 1 heterocycles. The first-order chi connectivity index (χ1) is 8.99. The maximum atomic E-state index is 11.1. The summed E-state index contributed by atoms with van der Waals surface area (Å²) in [6.45, 7) is 1.47. The summed E-state index contributed by atoms with van der Waals surface area (Å²) in [5.74, 6) is -0.385. The van der Waals surface area contributed by atoms with Crippen molar-refractivity contribution in [3.05, 3.63) is 6.61 Å². The van der Waals surface area contributed by atoms with Crippen molar-refractivity contribution in [2.24, 2.45) is 0 Å². The van der Waals surface area contributed by atoms with Crippen molar-refractivity contribution in [2.75, 3.05) is 13.2 Å². The first-order valence-electron chi connectivity index (χ1n) is 5.97. The van der Waals surface area contributed by atoms with Gasteiger partial charge in [-0.15, -0.1) is 0 Å². The second kappa shape index (κ2) is 15.5. The molecular formula is C11H20NNa3O7+3. The normalized spacial score (nSPS) is 28.4. The molecule has 0 saturated carbocycles. The number of rotatable bonds is 6. The van der Waals surface area contributed by atoms with Gasteiger partial charge in [-0.1, -0.05) is 0 Å². The van der Waals surface area contributed by atoms with Gasteiger partial charge in [0.1, 0.15) is 18.8 Å². The van der Waals surface area contributed by atoms with Crippen LogP contribution in [0.5, 0.6) is 0 Å². The predicted molar refractivity (Wildman–Crippen MR) is 62.5 cm³/mol. The van der Waals surface area contributed by atoms with E-state index < -0.39 is 37.3 Å². The smallest absolute Gasteiger partial charge is 0.394 e. The van der Waals surface area contributed by atoms with Crippen LogP contribution >= 0.6 is 0 Å². The van der Waals surface area contributed by atoms with E-state index in [0.717, 1.165) is 6.61 Å². The van der Waals surface area contributed by atoms with E-state index in [0.29, 0.717) is 0 Å². The largest absolute Gasteiger partial charge is 1.00 e. The summed E-state index contributed by atoms with van der Waals surface area (Å²) in [7, 11) is 0. The third kappa shape index (κ3) is 9.65. The number of aliphatic hydroxyl groups excluding tert-OH is 4. The van der Waals surface area contributed by atoms with E-state index in [1.165, 1.54) is 6.92 Å². The fourth-order valence-corrected chi connectivity index (χ4v) is 1.96. The van der Waals surface area contributed by atoms with Gasteiger partial charge >= 0.3 is 88.7 Å². The van der Waals surface area contributed by atoms with Crippen molar-refractivity contribution < 1.29 is 123 Å². The van der Waals surface area contributed by atoms with Crippen LogP contribution in [-0.4, -0.2) is 70.2 Å². The minimum absolute atomic E-state index is 0. The molecule has 11 heteroatoms.